The summed E-state index contributed by atoms with van der Waals surface area (Å²) in [5.74, 6) is 9.00. The van der Waals surface area contributed by atoms with Crippen molar-refractivity contribution < 1.29 is 7.56 Å². The maximum absolute atomic E-state index is 2.48. The quantitative estimate of drug-likeness (QED) is 0.0943. The Kier molecular flexibility index (Phi) is 37.8. The summed E-state index contributed by atoms with van der Waals surface area (Å²) in [5.41, 5.74) is 0. The number of hydrogen-bond donors (Lipinski definition) is 0. The topological polar surface area (TPSA) is 0 Å². The van der Waals surface area contributed by atoms with E-state index in [9.17, 15) is 0 Å². The molecule has 0 saturated carbocycles. The fourth-order valence-corrected chi connectivity index (χ4v) is 6.45. The summed E-state index contributed by atoms with van der Waals surface area (Å²) in [5, 5.41) is 0. The van der Waals surface area contributed by atoms with E-state index in [2.05, 4.69) is 96.9 Å². The Morgan fingerprint density at radius 3 is 1.12 bits per heavy atom. The van der Waals surface area contributed by atoms with Crippen LogP contribution in [0.15, 0.2) is 0 Å². The van der Waals surface area contributed by atoms with Crippen molar-refractivity contribution in [1.29, 1.82) is 0 Å². The summed E-state index contributed by atoms with van der Waals surface area (Å²) in [7, 11) is 0. The van der Waals surface area contributed by atoms with Crippen LogP contribution in [0, 0.1) is 59.2 Å². The monoisotopic (exact) mass is 576 g/mol. The highest BCUT2D eigenvalue weighted by atomic mass is 19.0. The molecule has 0 aromatic rings. The molecule has 0 bridgehead atoms. The van der Waals surface area contributed by atoms with E-state index in [0.717, 1.165) is 59.2 Å². The van der Waals surface area contributed by atoms with Crippen LogP contribution >= 0.6 is 0 Å². The predicted molar refractivity (Wildman–Crippen MR) is 194 cm³/mol. The second-order valence-electron chi connectivity index (χ2n) is 15.2. The van der Waals surface area contributed by atoms with Gasteiger partial charge in [-0.3, -0.25) is 4.70 Å². The highest BCUT2D eigenvalue weighted by molar-refractivity contribution is 5.75. The molecule has 8 unspecified atom stereocenters. The van der Waals surface area contributed by atoms with Gasteiger partial charge in [-0.25, -0.2) is 0 Å². The van der Waals surface area contributed by atoms with E-state index in [1.54, 1.807) is 0 Å². The average Bonchev–Trinajstić information content (AvgIpc) is 2.79. The first-order valence-electron chi connectivity index (χ1n) is 17.2. The highest BCUT2D eigenvalue weighted by Gasteiger charge is 2.18. The van der Waals surface area contributed by atoms with Crippen molar-refractivity contribution in [3.8, 4) is 0 Å². The molecule has 0 N–H and O–H groups in total. The lowest BCUT2D eigenvalue weighted by molar-refractivity contribution is 0.256. The summed E-state index contributed by atoms with van der Waals surface area (Å²) in [4.78, 5) is 0. The molecule has 0 rings (SSSR count). The van der Waals surface area contributed by atoms with Crippen molar-refractivity contribution in [2.24, 2.45) is 59.2 Å². The van der Waals surface area contributed by atoms with Gasteiger partial charge < -0.3 is 0 Å². The molecule has 0 fully saturated rings. The van der Waals surface area contributed by atoms with Crippen LogP contribution in [0.4, 0.5) is 4.70 Å². The van der Waals surface area contributed by atoms with Gasteiger partial charge in [0.2, 0.25) is 0 Å². The standard InChI is InChI=1S/C20H42.C17H36.CH4.B.FH.2H2/c1-9-16(4)13-18(6)14-20(8)19(7)11-10-17(5)12-15(2)3;1-7-15(4)13-17(6)11-9-8-10-16(5)12-14(2)3;;;;;/h15-20H,9-14H2,1-8H3;14-17H,7-13H2,1-6H3;1H4;;3*1H/i;;;;;2*1+1. The minimum absolute atomic E-state index is 0. The Morgan fingerprint density at radius 2 is 0.750 bits per heavy atom. The molecule has 2 heteroatoms. The number of hydrogen-bond acceptors (Lipinski definition) is 0. The molecule has 249 valence electrons. The van der Waals surface area contributed by atoms with Gasteiger partial charge in [0.25, 0.3) is 0 Å². The van der Waals surface area contributed by atoms with Crippen LogP contribution in [-0.4, -0.2) is 8.41 Å². The molecule has 0 aliphatic carbocycles. The second kappa shape index (κ2) is 30.5. The van der Waals surface area contributed by atoms with Crippen LogP contribution in [0.25, 0.3) is 0 Å². The number of halogens is 1. The Balaban J connectivity index is -0.000000105. The van der Waals surface area contributed by atoms with Crippen molar-refractivity contribution in [3.63, 3.8) is 0 Å². The first-order chi connectivity index (χ1) is 17.2. The van der Waals surface area contributed by atoms with Gasteiger partial charge >= 0.3 is 0 Å². The van der Waals surface area contributed by atoms with Gasteiger partial charge in [-0.1, -0.05) is 156 Å². The average molecular weight is 576 g/mol. The molecule has 40 heavy (non-hydrogen) atoms. The van der Waals surface area contributed by atoms with Crippen LogP contribution in [-0.2, 0) is 0 Å². The molecule has 0 aromatic carbocycles. The molecule has 0 aliphatic heterocycles. The zero-order chi connectivity index (χ0) is 29.0. The molecule has 3 radical (unpaired) electrons. The van der Waals surface area contributed by atoms with E-state index in [1.807, 2.05) is 0 Å². The Morgan fingerprint density at radius 1 is 0.400 bits per heavy atom. The molecule has 0 amide bonds. The van der Waals surface area contributed by atoms with E-state index in [0.29, 0.717) is 0 Å². The highest BCUT2D eigenvalue weighted by Crippen LogP contribution is 2.29. The Bertz CT molecular complexity index is 488. The van der Waals surface area contributed by atoms with Crippen molar-refractivity contribution in [1.82, 2.24) is 0 Å². The largest absolute Gasteiger partial charge is 0.269 e. The van der Waals surface area contributed by atoms with Gasteiger partial charge in [-0.05, 0) is 91.3 Å². The van der Waals surface area contributed by atoms with Crippen molar-refractivity contribution in [2.45, 2.75) is 188 Å². The fraction of sp³-hybridized carbons (Fsp3) is 1.00. The smallest absolute Gasteiger partial charge is 0 e. The molecule has 0 saturated heterocycles. The minimum atomic E-state index is 0. The Hall–Kier alpha value is -0.00506. The maximum Gasteiger partial charge on any atom is 0 e. The molecule has 0 spiro atoms. The molecular weight excluding hydrogens is 486 g/mol. The lowest BCUT2D eigenvalue weighted by atomic mass is 9.80. The van der Waals surface area contributed by atoms with Gasteiger partial charge in [0, 0.05) is 11.3 Å². The van der Waals surface area contributed by atoms with Crippen LogP contribution in [0.1, 0.15) is 191 Å². The zero-order valence-electron chi connectivity index (χ0n) is 30.0. The van der Waals surface area contributed by atoms with Crippen LogP contribution < -0.4 is 0 Å². The summed E-state index contributed by atoms with van der Waals surface area (Å²) >= 11 is 0. The van der Waals surface area contributed by atoms with Crippen molar-refractivity contribution in [2.75, 3.05) is 0 Å². The zero-order valence-corrected chi connectivity index (χ0v) is 30.0. The lowest BCUT2D eigenvalue weighted by Gasteiger charge is -2.26. The SMILES string of the molecule is C.CCC(C)CC(C)CC(C)C(C)CCC(C)CC(C)C.CCC(C)CC(C)CCCCC(C)CC(C)C.F.[2HH].[2HH].[B]. The lowest BCUT2D eigenvalue weighted by Crippen LogP contribution is -2.15. The number of unbranched alkanes of at least 4 members (excludes halogenated alkanes) is 1. The second-order valence-corrected chi connectivity index (χ2v) is 15.2. The summed E-state index contributed by atoms with van der Waals surface area (Å²) in [6, 6.07) is 0. The third-order valence-corrected chi connectivity index (χ3v) is 9.26. The van der Waals surface area contributed by atoms with E-state index >= 15 is 0 Å². The third-order valence-electron chi connectivity index (χ3n) is 9.26. The van der Waals surface area contributed by atoms with E-state index in [1.165, 1.54) is 83.5 Å². The summed E-state index contributed by atoms with van der Waals surface area (Å²) in [6.45, 7) is 33.5. The maximum atomic E-state index is 2.48. The molecule has 0 nitrogen and oxygen atoms in total. The summed E-state index contributed by atoms with van der Waals surface area (Å²) in [6.07, 6.45) is 18.4. The molecule has 0 heterocycles. The third kappa shape index (κ3) is 32.5. The molecule has 8 atom stereocenters. The number of rotatable bonds is 21. The van der Waals surface area contributed by atoms with E-state index in [-0.39, 0.29) is 23.4 Å². The first kappa shape index (κ1) is 49.7. The van der Waals surface area contributed by atoms with Gasteiger partial charge in [-0.15, -0.1) is 0 Å². The van der Waals surface area contributed by atoms with Crippen LogP contribution in [0.2, 0.25) is 0 Å². The van der Waals surface area contributed by atoms with Gasteiger partial charge in [0.05, 0.1) is 0 Å². The van der Waals surface area contributed by atoms with Gasteiger partial charge in [0.1, 0.15) is 0 Å². The van der Waals surface area contributed by atoms with Crippen molar-refractivity contribution in [3.05, 3.63) is 0 Å². The molecule has 0 aliphatic rings. The first-order valence-corrected chi connectivity index (χ1v) is 17.2. The van der Waals surface area contributed by atoms with E-state index in [4.69, 9.17) is 0 Å². The Labute approximate surface area is 262 Å². The van der Waals surface area contributed by atoms with Crippen molar-refractivity contribution >= 4 is 8.41 Å². The van der Waals surface area contributed by atoms with Crippen LogP contribution in [0.5, 0.6) is 0 Å². The van der Waals surface area contributed by atoms with Gasteiger partial charge in [0.15, 0.2) is 0 Å². The van der Waals surface area contributed by atoms with E-state index < -0.39 is 0 Å². The molecular formula is C38H87BF. The summed E-state index contributed by atoms with van der Waals surface area (Å²) < 4.78 is 0. The van der Waals surface area contributed by atoms with Gasteiger partial charge in [-0.2, -0.15) is 0 Å². The minimum Gasteiger partial charge on any atom is -0.269 e. The fourth-order valence-electron chi connectivity index (χ4n) is 6.45. The molecule has 0 aromatic heterocycles. The van der Waals surface area contributed by atoms with Crippen LogP contribution in [0.3, 0.4) is 0 Å². The predicted octanol–water partition coefficient (Wildman–Crippen LogP) is 14.4. The normalized spacial score (nSPS) is 17.1.